The Labute approximate surface area is 88.4 Å². The zero-order valence-electron chi connectivity index (χ0n) is 8.70. The Morgan fingerprint density at radius 1 is 1.33 bits per heavy atom. The van der Waals surface area contributed by atoms with Gasteiger partial charge in [0.1, 0.15) is 5.84 Å². The van der Waals surface area contributed by atoms with Crippen LogP contribution in [0.4, 0.5) is 0 Å². The fourth-order valence-electron chi connectivity index (χ4n) is 2.11. The maximum Gasteiger partial charge on any atom is 0.130 e. The molecule has 0 saturated carbocycles. The molecular weight excluding hydrogens is 186 g/mol. The van der Waals surface area contributed by atoms with Crippen molar-refractivity contribution < 1.29 is 0 Å². The van der Waals surface area contributed by atoms with Crippen LogP contribution >= 0.6 is 0 Å². The van der Waals surface area contributed by atoms with Gasteiger partial charge in [0.05, 0.1) is 6.54 Å². The van der Waals surface area contributed by atoms with Crippen molar-refractivity contribution in [3.8, 4) is 0 Å². The molecule has 0 amide bonds. The van der Waals surface area contributed by atoms with Gasteiger partial charge in [-0.1, -0.05) is 18.2 Å². The first kappa shape index (κ1) is 8.53. The molecule has 3 nitrogen and oxygen atoms in total. The van der Waals surface area contributed by atoms with Crippen molar-refractivity contribution in [2.45, 2.75) is 0 Å². The maximum atomic E-state index is 4.46. The van der Waals surface area contributed by atoms with Crippen molar-refractivity contribution >= 4 is 16.7 Å². The summed E-state index contributed by atoms with van der Waals surface area (Å²) in [6, 6.07) is 8.42. The molecule has 1 aromatic heterocycles. The Morgan fingerprint density at radius 2 is 2.20 bits per heavy atom. The van der Waals surface area contributed by atoms with E-state index in [1.807, 2.05) is 0 Å². The number of rotatable bonds is 1. The molecule has 0 aliphatic carbocycles. The van der Waals surface area contributed by atoms with Gasteiger partial charge in [-0.2, -0.15) is 0 Å². The quantitative estimate of drug-likeness (QED) is 0.741. The second kappa shape index (κ2) is 3.12. The van der Waals surface area contributed by atoms with Crippen molar-refractivity contribution in [2.75, 3.05) is 13.1 Å². The number of amidine groups is 1. The molecule has 0 spiro atoms. The Hall–Kier alpha value is -1.77. The zero-order valence-corrected chi connectivity index (χ0v) is 8.70. The lowest BCUT2D eigenvalue weighted by atomic mass is 10.1. The van der Waals surface area contributed by atoms with Crippen LogP contribution in [0.1, 0.15) is 5.56 Å². The molecule has 76 valence electrons. The molecule has 0 fully saturated rings. The predicted octanol–water partition coefficient (Wildman–Crippen LogP) is 1.53. The monoisotopic (exact) mass is 199 g/mol. The molecule has 1 aliphatic rings. The van der Waals surface area contributed by atoms with Crippen molar-refractivity contribution in [2.24, 2.45) is 12.0 Å². The zero-order chi connectivity index (χ0) is 10.3. The number of benzene rings is 1. The van der Waals surface area contributed by atoms with E-state index in [-0.39, 0.29) is 0 Å². The summed E-state index contributed by atoms with van der Waals surface area (Å²) in [5.41, 5.74) is 2.47. The molecule has 1 N–H and O–H groups in total. The molecule has 0 bridgehead atoms. The average Bonchev–Trinajstić information content (AvgIpc) is 2.87. The Morgan fingerprint density at radius 3 is 3.00 bits per heavy atom. The maximum absolute atomic E-state index is 4.46. The van der Waals surface area contributed by atoms with Gasteiger partial charge in [-0.05, 0) is 6.07 Å². The van der Waals surface area contributed by atoms with Crippen molar-refractivity contribution in [1.82, 2.24) is 9.88 Å². The van der Waals surface area contributed by atoms with Gasteiger partial charge in [-0.25, -0.2) is 0 Å². The van der Waals surface area contributed by atoms with E-state index >= 15 is 0 Å². The SMILES string of the molecule is Cn1cc(C2=NCCN2)c2ccccc21. The lowest BCUT2D eigenvalue weighted by molar-refractivity contribution is 0.955. The lowest BCUT2D eigenvalue weighted by Gasteiger charge is -1.98. The highest BCUT2D eigenvalue weighted by Crippen LogP contribution is 2.20. The van der Waals surface area contributed by atoms with Gasteiger partial charge in [0.25, 0.3) is 0 Å². The summed E-state index contributed by atoms with van der Waals surface area (Å²) in [7, 11) is 2.07. The number of nitrogens with one attached hydrogen (secondary N) is 1. The van der Waals surface area contributed by atoms with E-state index in [0.29, 0.717) is 0 Å². The molecule has 2 aromatic rings. The van der Waals surface area contributed by atoms with Gasteiger partial charge in [-0.3, -0.25) is 4.99 Å². The van der Waals surface area contributed by atoms with Crippen LogP contribution in [-0.4, -0.2) is 23.5 Å². The van der Waals surface area contributed by atoms with Crippen LogP contribution in [0.5, 0.6) is 0 Å². The number of hydrogen-bond acceptors (Lipinski definition) is 2. The summed E-state index contributed by atoms with van der Waals surface area (Å²) in [6.45, 7) is 1.84. The van der Waals surface area contributed by atoms with E-state index in [4.69, 9.17) is 0 Å². The van der Waals surface area contributed by atoms with Crippen LogP contribution in [0.25, 0.3) is 10.9 Å². The van der Waals surface area contributed by atoms with Crippen molar-refractivity contribution in [3.05, 3.63) is 36.0 Å². The first-order valence-corrected chi connectivity index (χ1v) is 5.19. The first-order chi connectivity index (χ1) is 7.36. The van der Waals surface area contributed by atoms with Crippen LogP contribution in [0.15, 0.2) is 35.5 Å². The number of fused-ring (bicyclic) bond motifs is 1. The highest BCUT2D eigenvalue weighted by atomic mass is 15.1. The molecule has 0 atom stereocenters. The van der Waals surface area contributed by atoms with Crippen LogP contribution in [0.2, 0.25) is 0 Å². The third-order valence-electron chi connectivity index (χ3n) is 2.83. The highest BCUT2D eigenvalue weighted by molar-refractivity contribution is 6.10. The average molecular weight is 199 g/mol. The van der Waals surface area contributed by atoms with E-state index < -0.39 is 0 Å². The molecule has 0 saturated heterocycles. The van der Waals surface area contributed by atoms with Gasteiger partial charge < -0.3 is 9.88 Å². The Kier molecular flexibility index (Phi) is 1.78. The van der Waals surface area contributed by atoms with Crippen LogP contribution in [-0.2, 0) is 7.05 Å². The lowest BCUT2D eigenvalue weighted by Crippen LogP contribution is -2.19. The van der Waals surface area contributed by atoms with Gasteiger partial charge in [0.2, 0.25) is 0 Å². The van der Waals surface area contributed by atoms with E-state index in [0.717, 1.165) is 18.9 Å². The molecule has 15 heavy (non-hydrogen) atoms. The third kappa shape index (κ3) is 1.23. The summed E-state index contributed by atoms with van der Waals surface area (Å²) in [4.78, 5) is 4.46. The minimum Gasteiger partial charge on any atom is -0.368 e. The molecule has 3 heteroatoms. The van der Waals surface area contributed by atoms with Crippen molar-refractivity contribution in [3.63, 3.8) is 0 Å². The number of aliphatic imine (C=N–C) groups is 1. The Balaban J connectivity index is 2.26. The summed E-state index contributed by atoms with van der Waals surface area (Å²) in [5, 5.41) is 4.59. The van der Waals surface area contributed by atoms with Crippen LogP contribution < -0.4 is 5.32 Å². The van der Waals surface area contributed by atoms with Crippen LogP contribution in [0.3, 0.4) is 0 Å². The van der Waals surface area contributed by atoms with Crippen molar-refractivity contribution in [1.29, 1.82) is 0 Å². The van der Waals surface area contributed by atoms with Gasteiger partial charge in [0, 0.05) is 36.3 Å². The summed E-state index contributed by atoms with van der Waals surface area (Å²) < 4.78 is 2.15. The summed E-state index contributed by atoms with van der Waals surface area (Å²) in [5.74, 6) is 1.03. The number of para-hydroxylation sites is 1. The molecule has 0 unspecified atom stereocenters. The Bertz CT molecular complexity index is 537. The fourth-order valence-corrected chi connectivity index (χ4v) is 2.11. The topological polar surface area (TPSA) is 29.3 Å². The van der Waals surface area contributed by atoms with E-state index in [9.17, 15) is 0 Å². The third-order valence-corrected chi connectivity index (χ3v) is 2.83. The highest BCUT2D eigenvalue weighted by Gasteiger charge is 2.13. The van der Waals surface area contributed by atoms with Gasteiger partial charge >= 0.3 is 0 Å². The minimum absolute atomic E-state index is 0.887. The smallest absolute Gasteiger partial charge is 0.130 e. The normalized spacial score (nSPS) is 15.4. The molecule has 1 aliphatic heterocycles. The second-order valence-corrected chi connectivity index (χ2v) is 3.83. The van der Waals surface area contributed by atoms with Crippen LogP contribution in [0, 0.1) is 0 Å². The van der Waals surface area contributed by atoms with Gasteiger partial charge in [-0.15, -0.1) is 0 Å². The molecular formula is C12H13N3. The number of aryl methyl sites for hydroxylation is 1. The summed E-state index contributed by atoms with van der Waals surface area (Å²) >= 11 is 0. The number of nitrogens with zero attached hydrogens (tertiary/aromatic N) is 2. The summed E-state index contributed by atoms with van der Waals surface area (Å²) in [6.07, 6.45) is 2.14. The molecule has 2 heterocycles. The standard InChI is InChI=1S/C12H13N3/c1-15-8-10(12-13-6-7-14-12)9-4-2-3-5-11(9)15/h2-5,8H,6-7H2,1H3,(H,13,14). The van der Waals surface area contributed by atoms with E-state index in [1.54, 1.807) is 0 Å². The molecule has 1 aromatic carbocycles. The first-order valence-electron chi connectivity index (χ1n) is 5.19. The molecule has 3 rings (SSSR count). The fraction of sp³-hybridized carbons (Fsp3) is 0.250. The number of aromatic nitrogens is 1. The minimum atomic E-state index is 0.887. The second-order valence-electron chi connectivity index (χ2n) is 3.83. The predicted molar refractivity (Wildman–Crippen MR) is 62.3 cm³/mol. The molecule has 0 radical (unpaired) electrons. The van der Waals surface area contributed by atoms with Gasteiger partial charge in [0.15, 0.2) is 0 Å². The largest absolute Gasteiger partial charge is 0.368 e. The van der Waals surface area contributed by atoms with E-state index in [2.05, 4.69) is 52.4 Å². The number of hydrogen-bond donors (Lipinski definition) is 1. The van der Waals surface area contributed by atoms with E-state index in [1.165, 1.54) is 16.5 Å².